The van der Waals surface area contributed by atoms with Crippen molar-refractivity contribution in [2.75, 3.05) is 5.32 Å². The number of rotatable bonds is 3. The smallest absolute Gasteiger partial charge is 0.319 e. The van der Waals surface area contributed by atoms with Crippen LogP contribution in [0.4, 0.5) is 36.4 Å². The minimum Gasteiger partial charge on any atom is -0.319 e. The van der Waals surface area contributed by atoms with E-state index >= 15 is 0 Å². The number of aromatic nitrogens is 3. The normalized spacial score (nSPS) is 12.3. The molecule has 0 saturated carbocycles. The fraction of sp³-hybridized carbons (Fsp3) is 0.308. The standard InChI is InChI=1S/C13H9F7N4O/c1-6-8(4-22-24(6)5-12(15,16)17)23-11(25)7-2-3-21-10(9(7)14)13(18,19)20/h2-4H,5H2,1H3,(H,23,25). The largest absolute Gasteiger partial charge is 0.436 e. The number of anilines is 1. The fourth-order valence-electron chi connectivity index (χ4n) is 1.90. The zero-order chi connectivity index (χ0) is 19.0. The molecule has 1 N–H and O–H groups in total. The molecule has 0 aromatic carbocycles. The number of nitrogens with zero attached hydrogens (tertiary/aromatic N) is 3. The van der Waals surface area contributed by atoms with Crippen molar-refractivity contribution in [3.8, 4) is 0 Å². The number of nitrogens with one attached hydrogen (secondary N) is 1. The number of amides is 1. The predicted molar refractivity (Wildman–Crippen MR) is 70.2 cm³/mol. The number of halogens is 7. The first kappa shape index (κ1) is 18.7. The molecule has 136 valence electrons. The summed E-state index contributed by atoms with van der Waals surface area (Å²) in [5, 5.41) is 5.45. The van der Waals surface area contributed by atoms with E-state index in [4.69, 9.17) is 0 Å². The molecule has 0 aliphatic carbocycles. The lowest BCUT2D eigenvalue weighted by Crippen LogP contribution is -2.20. The first-order valence-electron chi connectivity index (χ1n) is 6.52. The van der Waals surface area contributed by atoms with E-state index in [9.17, 15) is 35.5 Å². The SMILES string of the molecule is Cc1c(NC(=O)c2ccnc(C(F)(F)F)c2F)cnn1CC(F)(F)F. The van der Waals surface area contributed by atoms with E-state index in [1.165, 1.54) is 6.92 Å². The van der Waals surface area contributed by atoms with E-state index in [-0.39, 0.29) is 11.4 Å². The maximum absolute atomic E-state index is 13.8. The number of carbonyl (C=O) groups is 1. The van der Waals surface area contributed by atoms with E-state index in [1.807, 2.05) is 5.32 Å². The molecule has 0 radical (unpaired) electrons. The minimum atomic E-state index is -5.10. The first-order valence-corrected chi connectivity index (χ1v) is 6.52. The third kappa shape index (κ3) is 4.25. The van der Waals surface area contributed by atoms with Crippen molar-refractivity contribution in [1.29, 1.82) is 0 Å². The number of carbonyl (C=O) groups excluding carboxylic acids is 1. The van der Waals surface area contributed by atoms with Crippen molar-refractivity contribution in [1.82, 2.24) is 14.8 Å². The van der Waals surface area contributed by atoms with Gasteiger partial charge in [0.25, 0.3) is 5.91 Å². The molecule has 0 saturated heterocycles. The molecule has 12 heteroatoms. The number of pyridine rings is 1. The van der Waals surface area contributed by atoms with Crippen LogP contribution in [0.2, 0.25) is 0 Å². The van der Waals surface area contributed by atoms with Crippen LogP contribution in [0.5, 0.6) is 0 Å². The van der Waals surface area contributed by atoms with Gasteiger partial charge in [0.15, 0.2) is 11.5 Å². The molecule has 2 aromatic rings. The van der Waals surface area contributed by atoms with Crippen LogP contribution in [0.15, 0.2) is 18.5 Å². The van der Waals surface area contributed by atoms with Gasteiger partial charge in [0.2, 0.25) is 0 Å². The molecule has 1 amide bonds. The molecule has 0 fully saturated rings. The Morgan fingerprint density at radius 2 is 1.88 bits per heavy atom. The van der Waals surface area contributed by atoms with Crippen LogP contribution >= 0.6 is 0 Å². The van der Waals surface area contributed by atoms with Crippen LogP contribution in [0.3, 0.4) is 0 Å². The molecule has 0 bridgehead atoms. The lowest BCUT2D eigenvalue weighted by atomic mass is 10.2. The van der Waals surface area contributed by atoms with E-state index in [0.29, 0.717) is 10.9 Å². The van der Waals surface area contributed by atoms with E-state index < -0.39 is 41.9 Å². The lowest BCUT2D eigenvalue weighted by Gasteiger charge is -2.11. The summed E-state index contributed by atoms with van der Waals surface area (Å²) >= 11 is 0. The quantitative estimate of drug-likeness (QED) is 0.841. The summed E-state index contributed by atoms with van der Waals surface area (Å²) < 4.78 is 89.2. The molecule has 0 atom stereocenters. The fourth-order valence-corrected chi connectivity index (χ4v) is 1.90. The summed E-state index contributed by atoms with van der Waals surface area (Å²) in [7, 11) is 0. The van der Waals surface area contributed by atoms with Gasteiger partial charge in [0.05, 0.1) is 23.1 Å². The van der Waals surface area contributed by atoms with Crippen molar-refractivity contribution in [2.45, 2.75) is 25.8 Å². The maximum atomic E-state index is 13.8. The Hall–Kier alpha value is -2.66. The van der Waals surface area contributed by atoms with Crippen molar-refractivity contribution in [2.24, 2.45) is 0 Å². The van der Waals surface area contributed by atoms with Crippen LogP contribution < -0.4 is 5.32 Å². The van der Waals surface area contributed by atoms with Gasteiger partial charge in [-0.25, -0.2) is 9.37 Å². The summed E-state index contributed by atoms with van der Waals surface area (Å²) in [5.74, 6) is -3.16. The Morgan fingerprint density at radius 1 is 1.24 bits per heavy atom. The molecule has 2 aromatic heterocycles. The van der Waals surface area contributed by atoms with Crippen molar-refractivity contribution in [3.63, 3.8) is 0 Å². The summed E-state index contributed by atoms with van der Waals surface area (Å²) in [6, 6.07) is 0.718. The molecular weight excluding hydrogens is 361 g/mol. The second-order valence-electron chi connectivity index (χ2n) is 4.89. The summed E-state index contributed by atoms with van der Waals surface area (Å²) in [5.41, 5.74) is -3.12. The van der Waals surface area contributed by atoms with Crippen LogP contribution in [-0.4, -0.2) is 26.8 Å². The highest BCUT2D eigenvalue weighted by molar-refractivity contribution is 6.04. The summed E-state index contributed by atoms with van der Waals surface area (Å²) in [4.78, 5) is 14.8. The number of alkyl halides is 6. The monoisotopic (exact) mass is 370 g/mol. The van der Waals surface area contributed by atoms with Crippen molar-refractivity contribution < 1.29 is 35.5 Å². The topological polar surface area (TPSA) is 59.8 Å². The van der Waals surface area contributed by atoms with Gasteiger partial charge >= 0.3 is 12.4 Å². The van der Waals surface area contributed by atoms with E-state index in [1.54, 1.807) is 0 Å². The second kappa shape index (κ2) is 6.33. The second-order valence-corrected chi connectivity index (χ2v) is 4.89. The van der Waals surface area contributed by atoms with Gasteiger partial charge in [-0.05, 0) is 13.0 Å². The molecule has 0 aliphatic rings. The van der Waals surface area contributed by atoms with E-state index in [0.717, 1.165) is 12.3 Å². The Bertz CT molecular complexity index is 795. The Balaban J connectivity index is 2.27. The molecule has 0 unspecified atom stereocenters. The maximum Gasteiger partial charge on any atom is 0.436 e. The summed E-state index contributed by atoms with van der Waals surface area (Å²) in [6.07, 6.45) is -8.19. The highest BCUT2D eigenvalue weighted by Gasteiger charge is 2.38. The van der Waals surface area contributed by atoms with Gasteiger partial charge in [-0.1, -0.05) is 0 Å². The zero-order valence-electron chi connectivity index (χ0n) is 12.3. The highest BCUT2D eigenvalue weighted by atomic mass is 19.4. The van der Waals surface area contributed by atoms with Gasteiger partial charge < -0.3 is 5.32 Å². The van der Waals surface area contributed by atoms with Crippen LogP contribution in [0.25, 0.3) is 0 Å². The average molecular weight is 370 g/mol. The van der Waals surface area contributed by atoms with Gasteiger partial charge in [0.1, 0.15) is 6.54 Å². The molecule has 25 heavy (non-hydrogen) atoms. The predicted octanol–water partition coefficient (Wildman–Crippen LogP) is 3.56. The van der Waals surface area contributed by atoms with Crippen molar-refractivity contribution >= 4 is 11.6 Å². The molecule has 2 rings (SSSR count). The van der Waals surface area contributed by atoms with Gasteiger partial charge in [-0.2, -0.15) is 31.4 Å². The number of hydrogen-bond donors (Lipinski definition) is 1. The van der Waals surface area contributed by atoms with Gasteiger partial charge in [-0.15, -0.1) is 0 Å². The van der Waals surface area contributed by atoms with Gasteiger partial charge in [-0.3, -0.25) is 9.48 Å². The van der Waals surface area contributed by atoms with E-state index in [2.05, 4.69) is 10.1 Å². The van der Waals surface area contributed by atoms with Crippen LogP contribution in [0, 0.1) is 12.7 Å². The molecular formula is C13H9F7N4O. The van der Waals surface area contributed by atoms with Crippen LogP contribution in [-0.2, 0) is 12.7 Å². The first-order chi connectivity index (χ1) is 11.4. The molecule has 0 spiro atoms. The zero-order valence-corrected chi connectivity index (χ0v) is 12.3. The Morgan fingerprint density at radius 3 is 2.44 bits per heavy atom. The third-order valence-corrected chi connectivity index (χ3v) is 3.08. The Kier molecular flexibility index (Phi) is 4.73. The number of hydrogen-bond acceptors (Lipinski definition) is 3. The minimum absolute atomic E-state index is 0.101. The molecule has 2 heterocycles. The van der Waals surface area contributed by atoms with Crippen molar-refractivity contribution in [3.05, 3.63) is 41.2 Å². The summed E-state index contributed by atoms with van der Waals surface area (Å²) in [6.45, 7) is -0.213. The third-order valence-electron chi connectivity index (χ3n) is 3.08. The molecule has 0 aliphatic heterocycles. The van der Waals surface area contributed by atoms with Crippen LogP contribution in [0.1, 0.15) is 21.7 Å². The Labute approximate surface area is 135 Å². The average Bonchev–Trinajstić information content (AvgIpc) is 2.77. The van der Waals surface area contributed by atoms with Gasteiger partial charge in [0, 0.05) is 6.20 Å². The highest BCUT2D eigenvalue weighted by Crippen LogP contribution is 2.31. The lowest BCUT2D eigenvalue weighted by molar-refractivity contribution is -0.144. The molecule has 5 nitrogen and oxygen atoms in total.